The highest BCUT2D eigenvalue weighted by molar-refractivity contribution is 7.89. The van der Waals surface area contributed by atoms with Gasteiger partial charge in [-0.2, -0.15) is 4.31 Å². The number of ether oxygens (including phenoxy) is 1. The van der Waals surface area contributed by atoms with E-state index >= 15 is 0 Å². The Morgan fingerprint density at radius 1 is 1.30 bits per heavy atom. The molecule has 30 heavy (non-hydrogen) atoms. The van der Waals surface area contributed by atoms with Crippen LogP contribution in [0.4, 0.5) is 5.13 Å². The predicted octanol–water partition coefficient (Wildman–Crippen LogP) is 4.00. The van der Waals surface area contributed by atoms with E-state index in [1.807, 2.05) is 0 Å². The first-order valence-electron chi connectivity index (χ1n) is 9.38. The number of sulfonamides is 1. The lowest BCUT2D eigenvalue weighted by molar-refractivity contribution is 0.0979. The van der Waals surface area contributed by atoms with Crippen molar-refractivity contribution in [3.63, 3.8) is 0 Å². The molecule has 1 unspecified atom stereocenters. The third-order valence-corrected chi connectivity index (χ3v) is 7.89. The highest BCUT2D eigenvalue weighted by Crippen LogP contribution is 2.28. The van der Waals surface area contributed by atoms with Crippen molar-refractivity contribution in [2.45, 2.75) is 23.8 Å². The molecular formula is C20H20ClN3O4S2. The molecule has 158 valence electrons. The van der Waals surface area contributed by atoms with Crippen LogP contribution in [0.2, 0.25) is 5.02 Å². The first kappa shape index (κ1) is 21.2. The van der Waals surface area contributed by atoms with E-state index in [2.05, 4.69) is 10.3 Å². The summed E-state index contributed by atoms with van der Waals surface area (Å²) in [5.74, 6) is -0.364. The van der Waals surface area contributed by atoms with Crippen LogP contribution in [0.25, 0.3) is 10.2 Å². The number of carbonyl (C=O) groups is 1. The minimum absolute atomic E-state index is 0.0708. The van der Waals surface area contributed by atoms with Crippen LogP contribution in [0.3, 0.4) is 0 Å². The van der Waals surface area contributed by atoms with Gasteiger partial charge in [0, 0.05) is 30.8 Å². The smallest absolute Gasteiger partial charge is 0.257 e. The second-order valence-electron chi connectivity index (χ2n) is 7.03. The number of carbonyl (C=O) groups excluding carboxylic acids is 1. The fourth-order valence-corrected chi connectivity index (χ4v) is 5.59. The molecule has 4 rings (SSSR count). The lowest BCUT2D eigenvalue weighted by Crippen LogP contribution is -2.34. The normalized spacial score (nSPS) is 17.0. The number of anilines is 1. The van der Waals surface area contributed by atoms with Gasteiger partial charge in [0.15, 0.2) is 5.13 Å². The molecule has 2 heterocycles. The molecule has 1 saturated heterocycles. The number of rotatable bonds is 6. The van der Waals surface area contributed by atoms with Crippen molar-refractivity contribution in [1.82, 2.24) is 9.29 Å². The Morgan fingerprint density at radius 2 is 2.07 bits per heavy atom. The van der Waals surface area contributed by atoms with Crippen LogP contribution in [-0.2, 0) is 14.8 Å². The number of hydrogen-bond acceptors (Lipinski definition) is 6. The van der Waals surface area contributed by atoms with Gasteiger partial charge in [-0.3, -0.25) is 10.1 Å². The Hall–Kier alpha value is -2.04. The summed E-state index contributed by atoms with van der Waals surface area (Å²) in [5.41, 5.74) is 1.09. The van der Waals surface area contributed by atoms with Gasteiger partial charge in [-0.15, -0.1) is 0 Å². The van der Waals surface area contributed by atoms with Gasteiger partial charge in [-0.1, -0.05) is 22.9 Å². The molecule has 2 aromatic carbocycles. The van der Waals surface area contributed by atoms with Crippen LogP contribution in [-0.4, -0.2) is 49.9 Å². The van der Waals surface area contributed by atoms with Gasteiger partial charge in [-0.05, 0) is 55.3 Å². The number of hydrogen-bond donors (Lipinski definition) is 1. The minimum atomic E-state index is -3.65. The van der Waals surface area contributed by atoms with E-state index in [0.29, 0.717) is 28.9 Å². The summed E-state index contributed by atoms with van der Waals surface area (Å²) in [6, 6.07) is 11.2. The number of amides is 1. The molecule has 7 nitrogen and oxygen atoms in total. The first-order chi connectivity index (χ1) is 14.3. The summed E-state index contributed by atoms with van der Waals surface area (Å²) in [6.45, 7) is 0.982. The maximum Gasteiger partial charge on any atom is 0.257 e. The number of fused-ring (bicyclic) bond motifs is 1. The highest BCUT2D eigenvalue weighted by Gasteiger charge is 2.26. The summed E-state index contributed by atoms with van der Waals surface area (Å²) < 4.78 is 33.2. The zero-order valence-corrected chi connectivity index (χ0v) is 18.6. The van der Waals surface area contributed by atoms with Gasteiger partial charge in [0.25, 0.3) is 5.91 Å². The molecule has 1 N–H and O–H groups in total. The summed E-state index contributed by atoms with van der Waals surface area (Å²) in [5, 5.41) is 3.80. The molecule has 0 aliphatic carbocycles. The Bertz CT molecular complexity index is 1170. The van der Waals surface area contributed by atoms with Crippen LogP contribution >= 0.6 is 22.9 Å². The second kappa shape index (κ2) is 8.60. The van der Waals surface area contributed by atoms with Crippen LogP contribution < -0.4 is 5.32 Å². The number of thiazole rings is 1. The molecule has 0 bridgehead atoms. The average molecular weight is 466 g/mol. The fourth-order valence-electron chi connectivity index (χ4n) is 3.25. The Labute approximate surface area is 183 Å². The van der Waals surface area contributed by atoms with Crippen molar-refractivity contribution < 1.29 is 17.9 Å². The van der Waals surface area contributed by atoms with E-state index in [9.17, 15) is 13.2 Å². The third-order valence-electron chi connectivity index (χ3n) is 4.88. The van der Waals surface area contributed by atoms with E-state index < -0.39 is 10.0 Å². The number of nitrogens with one attached hydrogen (secondary N) is 1. The quantitative estimate of drug-likeness (QED) is 0.594. The largest absolute Gasteiger partial charge is 0.377 e. The number of aromatic nitrogens is 1. The van der Waals surface area contributed by atoms with E-state index in [-0.39, 0.29) is 16.9 Å². The lowest BCUT2D eigenvalue weighted by Gasteiger charge is -2.20. The number of likely N-dealkylation sites (N-methyl/N-ethyl adjacent to an activating group) is 1. The van der Waals surface area contributed by atoms with E-state index in [0.717, 1.165) is 23.1 Å². The maximum absolute atomic E-state index is 12.8. The first-order valence-corrected chi connectivity index (χ1v) is 12.0. The molecule has 1 aromatic heterocycles. The van der Waals surface area contributed by atoms with Crippen molar-refractivity contribution in [3.8, 4) is 0 Å². The van der Waals surface area contributed by atoms with Crippen molar-refractivity contribution in [1.29, 1.82) is 0 Å². The molecule has 1 atom stereocenters. The topological polar surface area (TPSA) is 88.6 Å². The predicted molar refractivity (Wildman–Crippen MR) is 118 cm³/mol. The van der Waals surface area contributed by atoms with Crippen LogP contribution in [0, 0.1) is 0 Å². The molecule has 0 spiro atoms. The molecule has 1 fully saturated rings. The maximum atomic E-state index is 12.8. The molecular weight excluding hydrogens is 446 g/mol. The second-order valence-corrected chi connectivity index (χ2v) is 10.5. The van der Waals surface area contributed by atoms with E-state index in [4.69, 9.17) is 16.3 Å². The molecule has 1 amide bonds. The molecule has 3 aromatic rings. The number of benzene rings is 2. The van der Waals surface area contributed by atoms with E-state index in [1.54, 1.807) is 18.2 Å². The molecule has 10 heteroatoms. The van der Waals surface area contributed by atoms with Crippen molar-refractivity contribution in [2.75, 3.05) is 25.5 Å². The van der Waals surface area contributed by atoms with Gasteiger partial charge in [-0.25, -0.2) is 13.4 Å². The summed E-state index contributed by atoms with van der Waals surface area (Å²) in [6.07, 6.45) is 1.74. The van der Waals surface area contributed by atoms with Gasteiger partial charge in [0.05, 0.1) is 21.2 Å². The Kier molecular flexibility index (Phi) is 6.08. The van der Waals surface area contributed by atoms with Gasteiger partial charge >= 0.3 is 0 Å². The summed E-state index contributed by atoms with van der Waals surface area (Å²) >= 11 is 7.30. The monoisotopic (exact) mass is 465 g/mol. The number of nitrogens with zero attached hydrogens (tertiary/aromatic N) is 2. The summed E-state index contributed by atoms with van der Waals surface area (Å²) in [7, 11) is -2.11. The minimum Gasteiger partial charge on any atom is -0.377 e. The molecule has 1 aliphatic heterocycles. The average Bonchev–Trinajstić information content (AvgIpc) is 3.37. The molecule has 0 saturated carbocycles. The SMILES string of the molecule is CN(CC1CCCO1)S(=O)(=O)c1ccc(C(=O)Nc2nc3ccc(Cl)cc3s2)cc1. The van der Waals surface area contributed by atoms with Crippen molar-refractivity contribution >= 4 is 54.2 Å². The molecule has 0 radical (unpaired) electrons. The standard InChI is InChI=1S/C20H20ClN3O4S2/c1-24(12-15-3-2-10-28-15)30(26,27)16-7-4-13(5-8-16)19(25)23-20-22-17-9-6-14(21)11-18(17)29-20/h4-9,11,15H,2-3,10,12H2,1H3,(H,22,23,25). The Balaban J connectivity index is 1.45. The highest BCUT2D eigenvalue weighted by atomic mass is 35.5. The Morgan fingerprint density at radius 3 is 2.77 bits per heavy atom. The fraction of sp³-hybridized carbons (Fsp3) is 0.300. The number of halogens is 1. The van der Waals surface area contributed by atoms with Gasteiger partial charge < -0.3 is 4.74 Å². The zero-order valence-electron chi connectivity index (χ0n) is 16.2. The zero-order chi connectivity index (χ0) is 21.3. The summed E-state index contributed by atoms with van der Waals surface area (Å²) in [4.78, 5) is 17.0. The van der Waals surface area contributed by atoms with Gasteiger partial charge in [0.1, 0.15) is 0 Å². The van der Waals surface area contributed by atoms with Crippen LogP contribution in [0.5, 0.6) is 0 Å². The van der Waals surface area contributed by atoms with Gasteiger partial charge in [0.2, 0.25) is 10.0 Å². The van der Waals surface area contributed by atoms with Crippen molar-refractivity contribution in [2.24, 2.45) is 0 Å². The van der Waals surface area contributed by atoms with Crippen LogP contribution in [0.1, 0.15) is 23.2 Å². The van der Waals surface area contributed by atoms with Crippen LogP contribution in [0.15, 0.2) is 47.4 Å². The van der Waals surface area contributed by atoms with E-state index in [1.165, 1.54) is 47.0 Å². The lowest BCUT2D eigenvalue weighted by atomic mass is 10.2. The molecule has 1 aliphatic rings. The van der Waals surface area contributed by atoms with Crippen molar-refractivity contribution in [3.05, 3.63) is 53.1 Å². The third kappa shape index (κ3) is 4.50.